The van der Waals surface area contributed by atoms with Gasteiger partial charge in [-0.05, 0) is 52.0 Å². The van der Waals surface area contributed by atoms with Crippen molar-refractivity contribution in [2.75, 3.05) is 6.61 Å². The Morgan fingerprint density at radius 2 is 2.06 bits per heavy atom. The van der Waals surface area contributed by atoms with Gasteiger partial charge in [-0.25, -0.2) is 0 Å². The van der Waals surface area contributed by atoms with Crippen LogP contribution in [0.2, 0.25) is 0 Å². The molecule has 2 rings (SSSR count). The van der Waals surface area contributed by atoms with Crippen LogP contribution < -0.4 is 0 Å². The van der Waals surface area contributed by atoms with E-state index in [2.05, 4.69) is 40.0 Å². The Balaban J connectivity index is 2.23. The van der Waals surface area contributed by atoms with Gasteiger partial charge in [-0.1, -0.05) is 24.3 Å². The molecule has 0 aliphatic rings. The highest BCUT2D eigenvalue weighted by Crippen LogP contribution is 2.24. The van der Waals surface area contributed by atoms with E-state index in [1.807, 2.05) is 24.4 Å². The number of nitrogens with zero attached hydrogens (tertiary/aromatic N) is 1. The number of rotatable bonds is 4. The summed E-state index contributed by atoms with van der Waals surface area (Å²) < 4.78 is 0.974. The van der Waals surface area contributed by atoms with Crippen LogP contribution in [-0.4, -0.2) is 16.7 Å². The Bertz CT molecular complexity index is 527. The highest BCUT2D eigenvalue weighted by atomic mass is 79.9. The third-order valence-corrected chi connectivity index (χ3v) is 3.53. The highest BCUT2D eigenvalue weighted by Gasteiger charge is 2.13. The van der Waals surface area contributed by atoms with Crippen LogP contribution in [0.1, 0.15) is 22.6 Å². The molecule has 3 heteroatoms. The van der Waals surface area contributed by atoms with Crippen molar-refractivity contribution >= 4 is 15.9 Å². The lowest BCUT2D eigenvalue weighted by Crippen LogP contribution is -2.09. The van der Waals surface area contributed by atoms with Gasteiger partial charge in [0.15, 0.2) is 0 Å². The molecular formula is C15H16BrNO. The molecule has 0 bridgehead atoms. The largest absolute Gasteiger partial charge is 0.396 e. The summed E-state index contributed by atoms with van der Waals surface area (Å²) in [5.41, 5.74) is 3.56. The van der Waals surface area contributed by atoms with Crippen LogP contribution in [0.4, 0.5) is 0 Å². The Morgan fingerprint density at radius 1 is 1.28 bits per heavy atom. The summed E-state index contributed by atoms with van der Waals surface area (Å²) in [7, 11) is 0. The van der Waals surface area contributed by atoms with E-state index in [1.165, 1.54) is 11.1 Å². The maximum Gasteiger partial charge on any atom is 0.0503 e. The first kappa shape index (κ1) is 13.2. The lowest BCUT2D eigenvalue weighted by atomic mass is 9.90. The summed E-state index contributed by atoms with van der Waals surface area (Å²) in [6, 6.07) is 10.3. The minimum absolute atomic E-state index is 0.127. The smallest absolute Gasteiger partial charge is 0.0503 e. The molecule has 0 saturated heterocycles. The van der Waals surface area contributed by atoms with E-state index in [9.17, 15) is 5.11 Å². The van der Waals surface area contributed by atoms with Crippen LogP contribution in [0.25, 0.3) is 0 Å². The van der Waals surface area contributed by atoms with Crippen LogP contribution in [0.15, 0.2) is 47.2 Å². The van der Waals surface area contributed by atoms with Crippen molar-refractivity contribution in [3.63, 3.8) is 0 Å². The van der Waals surface area contributed by atoms with E-state index in [0.29, 0.717) is 0 Å². The quantitative estimate of drug-likeness (QED) is 0.938. The first-order chi connectivity index (χ1) is 8.70. The Labute approximate surface area is 116 Å². The molecule has 1 atom stereocenters. The lowest BCUT2D eigenvalue weighted by Gasteiger charge is -2.17. The number of halogens is 1. The summed E-state index contributed by atoms with van der Waals surface area (Å²) in [5, 5.41) is 9.60. The molecule has 2 nitrogen and oxygen atoms in total. The molecule has 94 valence electrons. The lowest BCUT2D eigenvalue weighted by molar-refractivity contribution is 0.264. The molecular weight excluding hydrogens is 290 g/mol. The monoisotopic (exact) mass is 305 g/mol. The van der Waals surface area contributed by atoms with Gasteiger partial charge in [0, 0.05) is 22.8 Å². The maximum atomic E-state index is 9.60. The standard InChI is InChI=1S/C15H16BrNO/c1-11-4-2-3-5-15(11)13(10-18)6-12-7-14(16)9-17-8-12/h2-5,7-9,13,18H,6,10H2,1H3. The Kier molecular flexibility index (Phi) is 4.50. The highest BCUT2D eigenvalue weighted by molar-refractivity contribution is 9.10. The van der Waals surface area contributed by atoms with Gasteiger partial charge in [0.1, 0.15) is 0 Å². The zero-order valence-corrected chi connectivity index (χ0v) is 11.9. The fraction of sp³-hybridized carbons (Fsp3) is 0.267. The van der Waals surface area contributed by atoms with Crippen LogP contribution in [0, 0.1) is 6.92 Å². The molecule has 1 N–H and O–H groups in total. The third-order valence-electron chi connectivity index (χ3n) is 3.09. The molecule has 0 aliphatic heterocycles. The fourth-order valence-electron chi connectivity index (χ4n) is 2.17. The van der Waals surface area contributed by atoms with Gasteiger partial charge in [-0.15, -0.1) is 0 Å². The van der Waals surface area contributed by atoms with E-state index in [-0.39, 0.29) is 12.5 Å². The van der Waals surface area contributed by atoms with Gasteiger partial charge < -0.3 is 5.11 Å². The van der Waals surface area contributed by atoms with Crippen LogP contribution in [0.5, 0.6) is 0 Å². The van der Waals surface area contributed by atoms with Crippen LogP contribution in [-0.2, 0) is 6.42 Å². The van der Waals surface area contributed by atoms with Crippen molar-refractivity contribution in [3.05, 3.63) is 63.9 Å². The van der Waals surface area contributed by atoms with Gasteiger partial charge in [-0.2, -0.15) is 0 Å². The van der Waals surface area contributed by atoms with Gasteiger partial charge >= 0.3 is 0 Å². The predicted molar refractivity (Wildman–Crippen MR) is 76.6 cm³/mol. The molecule has 0 spiro atoms. The summed E-state index contributed by atoms with van der Waals surface area (Å²) in [5.74, 6) is 0.127. The molecule has 1 aromatic heterocycles. The minimum Gasteiger partial charge on any atom is -0.396 e. The summed E-state index contributed by atoms with van der Waals surface area (Å²) in [6.07, 6.45) is 4.42. The third kappa shape index (κ3) is 3.18. The fourth-order valence-corrected chi connectivity index (χ4v) is 2.58. The van der Waals surface area contributed by atoms with Gasteiger partial charge in [0.05, 0.1) is 6.61 Å². The molecule has 1 heterocycles. The number of aliphatic hydroxyl groups is 1. The number of aryl methyl sites for hydroxylation is 1. The summed E-state index contributed by atoms with van der Waals surface area (Å²) in [6.45, 7) is 2.23. The van der Waals surface area contributed by atoms with Crippen LogP contribution >= 0.6 is 15.9 Å². The second-order valence-corrected chi connectivity index (χ2v) is 5.37. The van der Waals surface area contributed by atoms with Crippen LogP contribution in [0.3, 0.4) is 0 Å². The summed E-state index contributed by atoms with van der Waals surface area (Å²) in [4.78, 5) is 4.16. The zero-order chi connectivity index (χ0) is 13.0. The maximum absolute atomic E-state index is 9.60. The number of hydrogen-bond acceptors (Lipinski definition) is 2. The summed E-state index contributed by atoms with van der Waals surface area (Å²) >= 11 is 3.42. The van der Waals surface area contributed by atoms with Crippen molar-refractivity contribution in [2.24, 2.45) is 0 Å². The topological polar surface area (TPSA) is 33.1 Å². The average molecular weight is 306 g/mol. The van der Waals surface area contributed by atoms with Crippen molar-refractivity contribution in [2.45, 2.75) is 19.3 Å². The first-order valence-corrected chi connectivity index (χ1v) is 6.76. The van der Waals surface area contributed by atoms with Crippen molar-refractivity contribution in [1.82, 2.24) is 4.98 Å². The minimum atomic E-state index is 0.127. The normalized spacial score (nSPS) is 12.4. The van der Waals surface area contributed by atoms with E-state index >= 15 is 0 Å². The van der Waals surface area contributed by atoms with Crippen molar-refractivity contribution < 1.29 is 5.11 Å². The molecule has 0 aliphatic carbocycles. The van der Waals surface area contributed by atoms with E-state index in [1.54, 1.807) is 6.20 Å². The second-order valence-electron chi connectivity index (χ2n) is 4.45. The molecule has 0 amide bonds. The Morgan fingerprint density at radius 3 is 2.72 bits per heavy atom. The second kappa shape index (κ2) is 6.12. The average Bonchev–Trinajstić information content (AvgIpc) is 2.37. The molecule has 2 aromatic rings. The molecule has 18 heavy (non-hydrogen) atoms. The van der Waals surface area contributed by atoms with Crippen molar-refractivity contribution in [1.29, 1.82) is 0 Å². The predicted octanol–water partition coefficient (Wildman–Crippen LogP) is 3.47. The van der Waals surface area contributed by atoms with Gasteiger partial charge in [0.25, 0.3) is 0 Å². The molecule has 0 fully saturated rings. The van der Waals surface area contributed by atoms with Gasteiger partial charge in [-0.3, -0.25) is 4.98 Å². The number of aromatic nitrogens is 1. The molecule has 1 aromatic carbocycles. The zero-order valence-electron chi connectivity index (χ0n) is 10.3. The van der Waals surface area contributed by atoms with E-state index in [4.69, 9.17) is 0 Å². The molecule has 0 saturated carbocycles. The first-order valence-electron chi connectivity index (χ1n) is 5.96. The van der Waals surface area contributed by atoms with E-state index < -0.39 is 0 Å². The number of aliphatic hydroxyl groups excluding tert-OH is 1. The SMILES string of the molecule is Cc1ccccc1C(CO)Cc1cncc(Br)c1. The number of hydrogen-bond donors (Lipinski definition) is 1. The van der Waals surface area contributed by atoms with Gasteiger partial charge in [0.2, 0.25) is 0 Å². The number of pyridine rings is 1. The molecule has 1 unspecified atom stereocenters. The Hall–Kier alpha value is -1.19. The van der Waals surface area contributed by atoms with Crippen molar-refractivity contribution in [3.8, 4) is 0 Å². The van der Waals surface area contributed by atoms with E-state index in [0.717, 1.165) is 16.5 Å². The number of benzene rings is 1. The molecule has 0 radical (unpaired) electrons.